The first-order valence-corrected chi connectivity index (χ1v) is 9.77. The van der Waals surface area contributed by atoms with E-state index in [1.54, 1.807) is 36.5 Å². The van der Waals surface area contributed by atoms with Gasteiger partial charge in [0, 0.05) is 34.7 Å². The minimum atomic E-state index is -0.498. The summed E-state index contributed by atoms with van der Waals surface area (Å²) in [5.74, 6) is 0.850. The lowest BCUT2D eigenvalue weighted by Gasteiger charge is -2.14. The summed E-state index contributed by atoms with van der Waals surface area (Å²) in [5, 5.41) is 3.89. The van der Waals surface area contributed by atoms with Crippen LogP contribution in [0.2, 0.25) is 5.02 Å². The van der Waals surface area contributed by atoms with Gasteiger partial charge in [-0.2, -0.15) is 0 Å². The van der Waals surface area contributed by atoms with Crippen molar-refractivity contribution in [1.82, 2.24) is 15.0 Å². The summed E-state index contributed by atoms with van der Waals surface area (Å²) >= 11 is 5.82. The van der Waals surface area contributed by atoms with E-state index in [-0.39, 0.29) is 17.9 Å². The number of halogens is 2. The Balaban J connectivity index is 1.60. The third-order valence-electron chi connectivity index (χ3n) is 4.63. The molecule has 7 nitrogen and oxygen atoms in total. The van der Waals surface area contributed by atoms with Crippen molar-refractivity contribution >= 4 is 34.0 Å². The van der Waals surface area contributed by atoms with Gasteiger partial charge >= 0.3 is 0 Å². The molecule has 2 aromatic carbocycles. The summed E-state index contributed by atoms with van der Waals surface area (Å²) in [6.45, 7) is 0.279. The minimum Gasteiger partial charge on any atom is -0.493 e. The molecule has 0 aliphatic rings. The fourth-order valence-electron chi connectivity index (χ4n) is 3.08. The van der Waals surface area contributed by atoms with Gasteiger partial charge in [0.2, 0.25) is 0 Å². The van der Waals surface area contributed by atoms with E-state index in [4.69, 9.17) is 21.1 Å². The van der Waals surface area contributed by atoms with E-state index in [0.717, 1.165) is 0 Å². The van der Waals surface area contributed by atoms with E-state index < -0.39 is 5.82 Å². The molecule has 4 aromatic rings. The molecule has 0 spiro atoms. The first-order chi connectivity index (χ1) is 15.0. The number of fused-ring (bicyclic) bond motifs is 1. The van der Waals surface area contributed by atoms with Crippen molar-refractivity contribution in [1.29, 1.82) is 0 Å². The van der Waals surface area contributed by atoms with Crippen LogP contribution in [0.5, 0.6) is 11.5 Å². The van der Waals surface area contributed by atoms with E-state index in [0.29, 0.717) is 45.2 Å². The fourth-order valence-corrected chi connectivity index (χ4v) is 3.24. The molecule has 0 radical (unpaired) electrons. The highest BCUT2D eigenvalue weighted by molar-refractivity contribution is 6.30. The van der Waals surface area contributed by atoms with Crippen molar-refractivity contribution in [2.75, 3.05) is 19.0 Å². The number of anilines is 2. The molecule has 0 aliphatic heterocycles. The van der Waals surface area contributed by atoms with Crippen LogP contribution in [0.3, 0.4) is 0 Å². The lowest BCUT2D eigenvalue weighted by molar-refractivity contribution is 0.298. The fraction of sp³-hybridized carbons (Fsp3) is 0.136. The number of hydrogen-bond donors (Lipinski definition) is 2. The molecule has 0 aliphatic carbocycles. The molecule has 0 saturated carbocycles. The van der Waals surface area contributed by atoms with E-state index in [9.17, 15) is 9.18 Å². The Bertz CT molecular complexity index is 1300. The zero-order chi connectivity index (χ0) is 21.8. The van der Waals surface area contributed by atoms with E-state index in [2.05, 4.69) is 20.3 Å². The number of rotatable bonds is 7. The van der Waals surface area contributed by atoms with Gasteiger partial charge in [-0.15, -0.1) is 0 Å². The van der Waals surface area contributed by atoms with Crippen molar-refractivity contribution in [3.63, 3.8) is 0 Å². The second-order valence-corrected chi connectivity index (χ2v) is 7.05. The maximum absolute atomic E-state index is 14.2. The van der Waals surface area contributed by atoms with Crippen LogP contribution in [-0.2, 0) is 6.42 Å². The number of methoxy groups -OCH3 is 1. The van der Waals surface area contributed by atoms with Crippen molar-refractivity contribution < 1.29 is 13.9 Å². The lowest BCUT2D eigenvalue weighted by Crippen LogP contribution is -2.14. The molecule has 2 heterocycles. The molecule has 0 fully saturated rings. The van der Waals surface area contributed by atoms with Crippen LogP contribution in [0.4, 0.5) is 15.9 Å². The first-order valence-electron chi connectivity index (χ1n) is 9.39. The maximum Gasteiger partial charge on any atom is 0.251 e. The molecule has 0 bridgehead atoms. The van der Waals surface area contributed by atoms with Gasteiger partial charge in [0.1, 0.15) is 18.0 Å². The van der Waals surface area contributed by atoms with Gasteiger partial charge in [-0.3, -0.25) is 4.79 Å². The lowest BCUT2D eigenvalue weighted by atomic mass is 10.2. The largest absolute Gasteiger partial charge is 0.493 e. The van der Waals surface area contributed by atoms with Crippen LogP contribution < -0.4 is 20.3 Å². The molecule has 2 aromatic heterocycles. The zero-order valence-corrected chi connectivity index (χ0v) is 17.2. The second-order valence-electron chi connectivity index (χ2n) is 6.61. The Morgan fingerprint density at radius 2 is 2.03 bits per heavy atom. The molecule has 9 heteroatoms. The molecule has 0 atom stereocenters. The predicted molar refractivity (Wildman–Crippen MR) is 117 cm³/mol. The van der Waals surface area contributed by atoms with Gasteiger partial charge in [0.15, 0.2) is 11.5 Å². The smallest absolute Gasteiger partial charge is 0.251 e. The van der Waals surface area contributed by atoms with E-state index in [1.807, 2.05) is 0 Å². The Morgan fingerprint density at radius 3 is 2.81 bits per heavy atom. The zero-order valence-electron chi connectivity index (χ0n) is 16.5. The Morgan fingerprint density at radius 1 is 1.16 bits per heavy atom. The van der Waals surface area contributed by atoms with Gasteiger partial charge in [0.05, 0.1) is 24.9 Å². The molecule has 0 amide bonds. The summed E-state index contributed by atoms with van der Waals surface area (Å²) in [6, 6.07) is 11.3. The molecular weight excluding hydrogens is 423 g/mol. The molecule has 158 valence electrons. The SMILES string of the molecule is COc1cc2c(Nc3ccc(Cl)cc3F)ncnc2cc1OCCc1ccc[nH]c1=O. The Labute approximate surface area is 181 Å². The minimum absolute atomic E-state index is 0.144. The summed E-state index contributed by atoms with van der Waals surface area (Å²) in [7, 11) is 1.52. The van der Waals surface area contributed by atoms with Crippen molar-refractivity contribution in [2.24, 2.45) is 0 Å². The van der Waals surface area contributed by atoms with Crippen LogP contribution in [0.15, 0.2) is 59.8 Å². The topological polar surface area (TPSA) is 89.1 Å². The summed E-state index contributed by atoms with van der Waals surface area (Å²) in [4.78, 5) is 22.9. The molecule has 0 unspecified atom stereocenters. The van der Waals surface area contributed by atoms with Crippen LogP contribution in [0.1, 0.15) is 5.56 Å². The summed E-state index contributed by atoms with van der Waals surface area (Å²) in [5.41, 5.74) is 1.30. The van der Waals surface area contributed by atoms with Gasteiger partial charge in [-0.05, 0) is 30.3 Å². The number of nitrogens with zero attached hydrogens (tertiary/aromatic N) is 2. The number of nitrogens with one attached hydrogen (secondary N) is 2. The summed E-state index contributed by atoms with van der Waals surface area (Å²) in [6.07, 6.45) is 3.39. The molecular formula is C22H18ClFN4O3. The normalized spacial score (nSPS) is 10.8. The second kappa shape index (κ2) is 9.01. The van der Waals surface area contributed by atoms with Crippen LogP contribution in [-0.4, -0.2) is 28.7 Å². The third kappa shape index (κ3) is 4.59. The first kappa shape index (κ1) is 20.6. The monoisotopic (exact) mass is 440 g/mol. The number of H-pyrrole nitrogens is 1. The molecule has 31 heavy (non-hydrogen) atoms. The number of benzene rings is 2. The number of ether oxygens (including phenoxy) is 2. The average molecular weight is 441 g/mol. The van der Waals surface area contributed by atoms with E-state index >= 15 is 0 Å². The Hall–Kier alpha value is -3.65. The average Bonchev–Trinajstić information content (AvgIpc) is 2.76. The van der Waals surface area contributed by atoms with Crippen molar-refractivity contribution in [3.8, 4) is 11.5 Å². The highest BCUT2D eigenvalue weighted by Gasteiger charge is 2.13. The standard InChI is InChI=1S/C22H18ClFN4O3/c1-30-19-10-15-18(11-20(19)31-8-6-13-3-2-7-25-22(13)29)26-12-27-21(15)28-17-5-4-14(23)9-16(17)24/h2-5,7,9-12H,6,8H2,1H3,(H,25,29)(H,26,27,28). The number of aromatic nitrogens is 3. The third-order valence-corrected chi connectivity index (χ3v) is 4.87. The molecule has 2 N–H and O–H groups in total. The highest BCUT2D eigenvalue weighted by Crippen LogP contribution is 2.35. The maximum atomic E-state index is 14.2. The van der Waals surface area contributed by atoms with Crippen molar-refractivity contribution in [3.05, 3.63) is 81.7 Å². The van der Waals surface area contributed by atoms with Gasteiger partial charge in [0.25, 0.3) is 5.56 Å². The molecule has 4 rings (SSSR count). The molecule has 0 saturated heterocycles. The number of hydrogen-bond acceptors (Lipinski definition) is 6. The predicted octanol–water partition coefficient (Wildman–Crippen LogP) is 4.48. The van der Waals surface area contributed by atoms with Gasteiger partial charge in [-0.1, -0.05) is 17.7 Å². The number of aromatic amines is 1. The van der Waals surface area contributed by atoms with Crippen molar-refractivity contribution in [2.45, 2.75) is 6.42 Å². The van der Waals surface area contributed by atoms with Crippen LogP contribution in [0.25, 0.3) is 10.9 Å². The van der Waals surface area contributed by atoms with E-state index in [1.165, 1.54) is 25.6 Å². The van der Waals surface area contributed by atoms with Gasteiger partial charge in [-0.25, -0.2) is 14.4 Å². The quantitative estimate of drug-likeness (QED) is 0.440. The number of pyridine rings is 1. The van der Waals surface area contributed by atoms with Gasteiger partial charge < -0.3 is 19.8 Å². The van der Waals surface area contributed by atoms with Crippen LogP contribution >= 0.6 is 11.6 Å². The summed E-state index contributed by atoms with van der Waals surface area (Å²) < 4.78 is 25.5. The highest BCUT2D eigenvalue weighted by atomic mass is 35.5. The Kier molecular flexibility index (Phi) is 5.99. The van der Waals surface area contributed by atoms with Crippen LogP contribution in [0, 0.1) is 5.82 Å².